The van der Waals surface area contributed by atoms with E-state index in [-0.39, 0.29) is 0 Å². The summed E-state index contributed by atoms with van der Waals surface area (Å²) in [6.45, 7) is 1.34. The topological polar surface area (TPSA) is 76.7 Å². The molecule has 0 bridgehead atoms. The molecule has 2 amide bonds. The average Bonchev–Trinajstić information content (AvgIpc) is 2.52. The van der Waals surface area contributed by atoms with E-state index in [0.717, 1.165) is 19.1 Å². The van der Waals surface area contributed by atoms with Crippen molar-refractivity contribution in [2.45, 2.75) is 31.9 Å². The molecular weight excluding hydrogens is 386 g/mol. The molecule has 0 fully saturated rings. The molecular formula is C15H16F6N2O4. The fourth-order valence-electron chi connectivity index (χ4n) is 1.96. The normalized spacial score (nSPS) is 14.2. The van der Waals surface area contributed by atoms with Crippen molar-refractivity contribution in [2.75, 3.05) is 18.5 Å². The monoisotopic (exact) mass is 402 g/mol. The van der Waals surface area contributed by atoms with Gasteiger partial charge < -0.3 is 14.8 Å². The number of esters is 1. The van der Waals surface area contributed by atoms with Gasteiger partial charge in [0.05, 0.1) is 12.2 Å². The van der Waals surface area contributed by atoms with E-state index in [1.54, 1.807) is 5.32 Å². The molecule has 12 heteroatoms. The van der Waals surface area contributed by atoms with Crippen LogP contribution in [0.3, 0.4) is 0 Å². The summed E-state index contributed by atoms with van der Waals surface area (Å²) in [6.07, 6.45) is -10.1. The predicted octanol–water partition coefficient (Wildman–Crippen LogP) is 3.69. The first-order valence-corrected chi connectivity index (χ1v) is 7.51. The predicted molar refractivity (Wildman–Crippen MR) is 80.6 cm³/mol. The van der Waals surface area contributed by atoms with Crippen LogP contribution in [0.2, 0.25) is 0 Å². The zero-order chi connectivity index (χ0) is 20.9. The molecule has 0 saturated carbocycles. The van der Waals surface area contributed by atoms with Gasteiger partial charge in [0, 0.05) is 12.3 Å². The summed E-state index contributed by atoms with van der Waals surface area (Å²) in [4.78, 5) is 23.7. The number of halogens is 6. The summed E-state index contributed by atoms with van der Waals surface area (Å²) in [5.41, 5.74) is -5.39. The Hall–Kier alpha value is -2.50. The Morgan fingerprint density at radius 3 is 2.15 bits per heavy atom. The molecule has 0 saturated heterocycles. The summed E-state index contributed by atoms with van der Waals surface area (Å²) in [7, 11) is 0. The molecule has 0 spiro atoms. The SMILES string of the molecule is CCOC(=O)[C@@](NC(=O)Nc1cccc(C(F)(F)F)c1)(OCC)C(F)(F)F. The van der Waals surface area contributed by atoms with Gasteiger partial charge in [-0.05, 0) is 32.0 Å². The first-order chi connectivity index (χ1) is 12.4. The first-order valence-electron chi connectivity index (χ1n) is 7.51. The molecule has 0 aliphatic rings. The van der Waals surface area contributed by atoms with Crippen LogP contribution in [-0.2, 0) is 20.4 Å². The van der Waals surface area contributed by atoms with Crippen molar-refractivity contribution in [3.05, 3.63) is 29.8 Å². The molecule has 152 valence electrons. The molecule has 0 unspecified atom stereocenters. The van der Waals surface area contributed by atoms with Gasteiger partial charge in [-0.2, -0.15) is 26.3 Å². The third-order valence-electron chi connectivity index (χ3n) is 3.06. The Balaban J connectivity index is 3.12. The molecule has 0 aliphatic heterocycles. The Morgan fingerprint density at radius 2 is 1.67 bits per heavy atom. The number of anilines is 1. The Morgan fingerprint density at radius 1 is 1.04 bits per heavy atom. The van der Waals surface area contributed by atoms with Crippen molar-refractivity contribution < 1.29 is 45.4 Å². The van der Waals surface area contributed by atoms with Crippen LogP contribution in [0.5, 0.6) is 0 Å². The molecule has 1 aromatic carbocycles. The maximum Gasteiger partial charge on any atom is 0.448 e. The summed E-state index contributed by atoms with van der Waals surface area (Å²) >= 11 is 0. The molecule has 0 radical (unpaired) electrons. The van der Waals surface area contributed by atoms with Crippen LogP contribution in [0.4, 0.5) is 36.8 Å². The number of rotatable bonds is 6. The van der Waals surface area contributed by atoms with Gasteiger partial charge in [-0.3, -0.25) is 5.32 Å². The van der Waals surface area contributed by atoms with Crippen molar-refractivity contribution in [3.8, 4) is 0 Å². The van der Waals surface area contributed by atoms with E-state index in [4.69, 9.17) is 0 Å². The van der Waals surface area contributed by atoms with E-state index in [2.05, 4.69) is 9.47 Å². The third-order valence-corrected chi connectivity index (χ3v) is 3.06. The van der Waals surface area contributed by atoms with Gasteiger partial charge in [-0.25, -0.2) is 9.59 Å². The number of carbonyl (C=O) groups excluding carboxylic acids is 2. The summed E-state index contributed by atoms with van der Waals surface area (Å²) in [6, 6.07) is 1.58. The molecule has 1 aromatic rings. The van der Waals surface area contributed by atoms with E-state index in [1.165, 1.54) is 12.2 Å². The fourth-order valence-corrected chi connectivity index (χ4v) is 1.96. The van der Waals surface area contributed by atoms with Gasteiger partial charge in [0.25, 0.3) is 0 Å². The lowest BCUT2D eigenvalue weighted by Crippen LogP contribution is -2.67. The van der Waals surface area contributed by atoms with Crippen LogP contribution in [0.1, 0.15) is 19.4 Å². The van der Waals surface area contributed by atoms with Gasteiger partial charge in [0.15, 0.2) is 0 Å². The highest BCUT2D eigenvalue weighted by Crippen LogP contribution is 2.34. The number of hydrogen-bond acceptors (Lipinski definition) is 4. The Labute approximate surface area is 149 Å². The smallest absolute Gasteiger partial charge is 0.448 e. The van der Waals surface area contributed by atoms with Gasteiger partial charge in [-0.1, -0.05) is 6.07 Å². The largest absolute Gasteiger partial charge is 0.462 e. The van der Waals surface area contributed by atoms with Gasteiger partial charge >= 0.3 is 30.1 Å². The number of urea groups is 1. The van der Waals surface area contributed by atoms with Gasteiger partial charge in [0.2, 0.25) is 0 Å². The highest BCUT2D eigenvalue weighted by molar-refractivity contribution is 5.94. The van der Waals surface area contributed by atoms with Crippen LogP contribution < -0.4 is 10.6 Å². The minimum atomic E-state index is -5.40. The zero-order valence-corrected chi connectivity index (χ0v) is 14.1. The number of carbonyl (C=O) groups is 2. The third kappa shape index (κ3) is 5.49. The maximum absolute atomic E-state index is 13.4. The van der Waals surface area contributed by atoms with Gasteiger partial charge in [-0.15, -0.1) is 0 Å². The second-order valence-electron chi connectivity index (χ2n) is 4.99. The van der Waals surface area contributed by atoms with Gasteiger partial charge in [0.1, 0.15) is 0 Å². The number of hydrogen-bond donors (Lipinski definition) is 2. The van der Waals surface area contributed by atoms with Crippen LogP contribution in [0.25, 0.3) is 0 Å². The number of alkyl halides is 6. The summed E-state index contributed by atoms with van der Waals surface area (Å²) < 4.78 is 87.1. The highest BCUT2D eigenvalue weighted by atomic mass is 19.4. The standard InChI is InChI=1S/C15H16F6N2O4/c1-3-26-11(24)13(27-4-2,15(19,20)21)23-12(25)22-10-7-5-6-9(8-10)14(16,17)18/h5-8H,3-4H2,1-2H3,(H2,22,23,25)/t13-/m1/s1. The lowest BCUT2D eigenvalue weighted by atomic mass is 10.2. The number of amides is 2. The van der Waals surface area contributed by atoms with E-state index in [0.29, 0.717) is 12.1 Å². The molecule has 1 atom stereocenters. The molecule has 27 heavy (non-hydrogen) atoms. The van der Waals surface area contributed by atoms with E-state index < -0.39 is 54.5 Å². The molecule has 1 rings (SSSR count). The van der Waals surface area contributed by atoms with Crippen molar-refractivity contribution in [1.29, 1.82) is 0 Å². The van der Waals surface area contributed by atoms with Crippen LogP contribution in [0.15, 0.2) is 24.3 Å². The molecule has 0 heterocycles. The molecule has 0 aromatic heterocycles. The van der Waals surface area contributed by atoms with Crippen molar-refractivity contribution >= 4 is 17.7 Å². The fraction of sp³-hybridized carbons (Fsp3) is 0.467. The number of ether oxygens (including phenoxy) is 2. The maximum atomic E-state index is 13.4. The van der Waals surface area contributed by atoms with Crippen molar-refractivity contribution in [1.82, 2.24) is 5.32 Å². The summed E-state index contributed by atoms with van der Waals surface area (Å²) in [5, 5.41) is 3.11. The highest BCUT2D eigenvalue weighted by Gasteiger charge is 2.64. The van der Waals surface area contributed by atoms with E-state index >= 15 is 0 Å². The minimum Gasteiger partial charge on any atom is -0.462 e. The minimum absolute atomic E-state index is 0.430. The molecule has 0 aliphatic carbocycles. The van der Waals surface area contributed by atoms with E-state index in [1.807, 2.05) is 0 Å². The van der Waals surface area contributed by atoms with Crippen LogP contribution >= 0.6 is 0 Å². The van der Waals surface area contributed by atoms with E-state index in [9.17, 15) is 35.9 Å². The van der Waals surface area contributed by atoms with Crippen LogP contribution in [0, 0.1) is 0 Å². The van der Waals surface area contributed by atoms with Crippen molar-refractivity contribution in [2.24, 2.45) is 0 Å². The second-order valence-corrected chi connectivity index (χ2v) is 4.99. The lowest BCUT2D eigenvalue weighted by molar-refractivity contribution is -0.282. The Kier molecular flexibility index (Phi) is 7.06. The molecule has 6 nitrogen and oxygen atoms in total. The molecule has 2 N–H and O–H groups in total. The Bertz CT molecular complexity index is 677. The first kappa shape index (κ1) is 22.5. The number of nitrogens with one attached hydrogen (secondary N) is 2. The second kappa shape index (κ2) is 8.46. The van der Waals surface area contributed by atoms with Crippen LogP contribution in [-0.4, -0.2) is 37.1 Å². The quantitative estimate of drug-likeness (QED) is 0.432. The zero-order valence-electron chi connectivity index (χ0n) is 14.1. The number of benzene rings is 1. The van der Waals surface area contributed by atoms with Crippen molar-refractivity contribution in [3.63, 3.8) is 0 Å². The average molecular weight is 402 g/mol. The summed E-state index contributed by atoms with van der Waals surface area (Å²) in [5.74, 6) is -1.92. The lowest BCUT2D eigenvalue weighted by Gasteiger charge is -2.33.